The van der Waals surface area contributed by atoms with Crippen LogP contribution in [-0.2, 0) is 14.3 Å². The Kier molecular flexibility index (Phi) is 4.18. The SMILES string of the molecule is COC(CNC(=O)C1CCC1)OC. The lowest BCUT2D eigenvalue weighted by molar-refractivity contribution is -0.133. The molecule has 0 heterocycles. The van der Waals surface area contributed by atoms with Crippen LogP contribution in [0.4, 0.5) is 0 Å². The molecule has 0 radical (unpaired) electrons. The van der Waals surface area contributed by atoms with Gasteiger partial charge in [0.2, 0.25) is 5.91 Å². The Morgan fingerprint density at radius 1 is 1.46 bits per heavy atom. The van der Waals surface area contributed by atoms with Crippen LogP contribution in [0, 0.1) is 5.92 Å². The van der Waals surface area contributed by atoms with Crippen LogP contribution in [-0.4, -0.2) is 33.0 Å². The fourth-order valence-corrected chi connectivity index (χ4v) is 1.26. The molecule has 1 aliphatic rings. The van der Waals surface area contributed by atoms with Crippen LogP contribution in [0.1, 0.15) is 19.3 Å². The molecule has 0 atom stereocenters. The Bertz CT molecular complexity index is 164. The second kappa shape index (κ2) is 5.19. The predicted octanol–water partition coefficient (Wildman–Crippen LogP) is 0.522. The number of hydrogen-bond acceptors (Lipinski definition) is 3. The Morgan fingerprint density at radius 3 is 2.46 bits per heavy atom. The van der Waals surface area contributed by atoms with Crippen molar-refractivity contribution in [1.82, 2.24) is 5.32 Å². The lowest BCUT2D eigenvalue weighted by atomic mass is 9.85. The minimum atomic E-state index is -0.330. The van der Waals surface area contributed by atoms with Crippen LogP contribution in [0.2, 0.25) is 0 Å². The zero-order valence-corrected chi connectivity index (χ0v) is 8.21. The maximum atomic E-state index is 11.3. The highest BCUT2D eigenvalue weighted by Gasteiger charge is 2.25. The van der Waals surface area contributed by atoms with Crippen LogP contribution in [0.3, 0.4) is 0 Å². The predicted molar refractivity (Wildman–Crippen MR) is 48.2 cm³/mol. The quantitative estimate of drug-likeness (QED) is 0.638. The molecule has 1 rings (SSSR count). The Morgan fingerprint density at radius 2 is 2.08 bits per heavy atom. The summed E-state index contributed by atoms with van der Waals surface area (Å²) in [6.45, 7) is 0.433. The van der Waals surface area contributed by atoms with Gasteiger partial charge in [-0.1, -0.05) is 6.42 Å². The van der Waals surface area contributed by atoms with Crippen molar-refractivity contribution in [2.75, 3.05) is 20.8 Å². The highest BCUT2D eigenvalue weighted by molar-refractivity contribution is 5.79. The van der Waals surface area contributed by atoms with Gasteiger partial charge in [-0.05, 0) is 12.8 Å². The van der Waals surface area contributed by atoms with Gasteiger partial charge in [-0.3, -0.25) is 4.79 Å². The normalized spacial score (nSPS) is 17.2. The van der Waals surface area contributed by atoms with Crippen molar-refractivity contribution < 1.29 is 14.3 Å². The van der Waals surface area contributed by atoms with Gasteiger partial charge >= 0.3 is 0 Å². The highest BCUT2D eigenvalue weighted by Crippen LogP contribution is 2.26. The van der Waals surface area contributed by atoms with Crippen LogP contribution in [0.5, 0.6) is 0 Å². The summed E-state index contributed by atoms with van der Waals surface area (Å²) < 4.78 is 9.89. The first-order valence-electron chi connectivity index (χ1n) is 4.61. The molecule has 4 heteroatoms. The van der Waals surface area contributed by atoms with Crippen LogP contribution >= 0.6 is 0 Å². The van der Waals surface area contributed by atoms with E-state index in [2.05, 4.69) is 5.32 Å². The summed E-state index contributed by atoms with van der Waals surface area (Å²) in [7, 11) is 3.12. The topological polar surface area (TPSA) is 47.6 Å². The molecule has 1 saturated carbocycles. The van der Waals surface area contributed by atoms with Crippen LogP contribution < -0.4 is 5.32 Å². The van der Waals surface area contributed by atoms with E-state index < -0.39 is 0 Å². The minimum absolute atomic E-state index is 0.130. The van der Waals surface area contributed by atoms with E-state index in [9.17, 15) is 4.79 Å². The maximum Gasteiger partial charge on any atom is 0.223 e. The first-order chi connectivity index (χ1) is 6.27. The molecule has 1 fully saturated rings. The van der Waals surface area contributed by atoms with Crippen LogP contribution in [0.15, 0.2) is 0 Å². The molecule has 1 aliphatic carbocycles. The van der Waals surface area contributed by atoms with E-state index >= 15 is 0 Å². The van der Waals surface area contributed by atoms with Gasteiger partial charge in [0.15, 0.2) is 6.29 Å². The summed E-state index contributed by atoms with van der Waals surface area (Å²) >= 11 is 0. The van der Waals surface area contributed by atoms with Crippen LogP contribution in [0.25, 0.3) is 0 Å². The molecule has 4 nitrogen and oxygen atoms in total. The largest absolute Gasteiger partial charge is 0.354 e. The van der Waals surface area contributed by atoms with Crippen molar-refractivity contribution in [3.05, 3.63) is 0 Å². The summed E-state index contributed by atoms with van der Waals surface area (Å²) in [5.41, 5.74) is 0. The average Bonchev–Trinajstić information content (AvgIpc) is 2.03. The molecule has 0 bridgehead atoms. The average molecular weight is 187 g/mol. The van der Waals surface area contributed by atoms with E-state index in [0.717, 1.165) is 12.8 Å². The van der Waals surface area contributed by atoms with Gasteiger partial charge in [-0.2, -0.15) is 0 Å². The number of hydrogen-bond donors (Lipinski definition) is 1. The molecular weight excluding hydrogens is 170 g/mol. The number of carbonyl (C=O) groups excluding carboxylic acids is 1. The van der Waals surface area contributed by atoms with Gasteiger partial charge in [-0.25, -0.2) is 0 Å². The third-order valence-electron chi connectivity index (χ3n) is 2.44. The Hall–Kier alpha value is -0.610. The van der Waals surface area contributed by atoms with Gasteiger partial charge in [0.25, 0.3) is 0 Å². The van der Waals surface area contributed by atoms with E-state index in [1.165, 1.54) is 6.42 Å². The lowest BCUT2D eigenvalue weighted by Gasteiger charge is -2.25. The Balaban J connectivity index is 2.12. The lowest BCUT2D eigenvalue weighted by Crippen LogP contribution is -2.39. The molecule has 13 heavy (non-hydrogen) atoms. The third kappa shape index (κ3) is 2.97. The highest BCUT2D eigenvalue weighted by atomic mass is 16.7. The van der Waals surface area contributed by atoms with E-state index in [4.69, 9.17) is 9.47 Å². The number of carbonyl (C=O) groups is 1. The summed E-state index contributed by atoms with van der Waals surface area (Å²) in [5, 5.41) is 2.80. The van der Waals surface area contributed by atoms with Crippen molar-refractivity contribution in [3.63, 3.8) is 0 Å². The second-order valence-corrected chi connectivity index (χ2v) is 3.27. The van der Waals surface area contributed by atoms with E-state index in [1.807, 2.05) is 0 Å². The number of nitrogens with one attached hydrogen (secondary N) is 1. The summed E-state index contributed by atoms with van der Waals surface area (Å²) in [6, 6.07) is 0. The number of methoxy groups -OCH3 is 2. The molecule has 0 aromatic heterocycles. The molecule has 0 aliphatic heterocycles. The zero-order valence-electron chi connectivity index (χ0n) is 8.21. The van der Waals surface area contributed by atoms with Gasteiger partial charge in [0.1, 0.15) is 0 Å². The molecule has 76 valence electrons. The number of amides is 1. The molecule has 0 spiro atoms. The van der Waals surface area contributed by atoms with Crippen molar-refractivity contribution in [2.45, 2.75) is 25.6 Å². The second-order valence-electron chi connectivity index (χ2n) is 3.27. The maximum absolute atomic E-state index is 11.3. The first-order valence-corrected chi connectivity index (χ1v) is 4.61. The number of rotatable bonds is 5. The van der Waals surface area contributed by atoms with E-state index in [-0.39, 0.29) is 18.1 Å². The van der Waals surface area contributed by atoms with Gasteiger partial charge in [0.05, 0.1) is 6.54 Å². The summed E-state index contributed by atoms with van der Waals surface area (Å²) in [6.07, 6.45) is 2.90. The molecule has 0 unspecified atom stereocenters. The van der Waals surface area contributed by atoms with Gasteiger partial charge < -0.3 is 14.8 Å². The molecule has 0 saturated heterocycles. The summed E-state index contributed by atoms with van der Waals surface area (Å²) in [4.78, 5) is 11.3. The van der Waals surface area contributed by atoms with Crippen molar-refractivity contribution >= 4 is 5.91 Å². The smallest absolute Gasteiger partial charge is 0.223 e. The molecule has 1 amide bonds. The number of ether oxygens (including phenoxy) is 2. The first kappa shape index (κ1) is 10.5. The van der Waals surface area contributed by atoms with Crippen molar-refractivity contribution in [3.8, 4) is 0 Å². The monoisotopic (exact) mass is 187 g/mol. The summed E-state index contributed by atoms with van der Waals surface area (Å²) in [5.74, 6) is 0.361. The van der Waals surface area contributed by atoms with E-state index in [1.54, 1.807) is 14.2 Å². The molecule has 0 aromatic carbocycles. The third-order valence-corrected chi connectivity index (χ3v) is 2.44. The fraction of sp³-hybridized carbons (Fsp3) is 0.889. The van der Waals surface area contributed by atoms with Gasteiger partial charge in [-0.15, -0.1) is 0 Å². The van der Waals surface area contributed by atoms with Crippen molar-refractivity contribution in [2.24, 2.45) is 5.92 Å². The van der Waals surface area contributed by atoms with Crippen molar-refractivity contribution in [1.29, 1.82) is 0 Å². The fourth-order valence-electron chi connectivity index (χ4n) is 1.26. The molecule has 0 aromatic rings. The molecular formula is C9H17NO3. The zero-order chi connectivity index (χ0) is 9.68. The molecule has 1 N–H and O–H groups in total. The Labute approximate surface area is 78.6 Å². The minimum Gasteiger partial charge on any atom is -0.354 e. The standard InChI is InChI=1S/C9H17NO3/c1-12-8(13-2)6-10-9(11)7-4-3-5-7/h7-8H,3-6H2,1-2H3,(H,10,11). The van der Waals surface area contributed by atoms with E-state index in [0.29, 0.717) is 6.54 Å². The van der Waals surface area contributed by atoms with Gasteiger partial charge in [0, 0.05) is 20.1 Å².